The first kappa shape index (κ1) is 15.2. The largest absolute Gasteiger partial charge is 0.494 e. The van der Waals surface area contributed by atoms with E-state index >= 15 is 0 Å². The van der Waals surface area contributed by atoms with Crippen LogP contribution in [-0.2, 0) is 11.2 Å². The number of fused-ring (bicyclic) bond motifs is 5. The van der Waals surface area contributed by atoms with Gasteiger partial charge in [0.2, 0.25) is 0 Å². The third-order valence-corrected chi connectivity index (χ3v) is 6.88. The molecule has 0 amide bonds. The summed E-state index contributed by atoms with van der Waals surface area (Å²) < 4.78 is 5.81. The van der Waals surface area contributed by atoms with Crippen molar-refractivity contribution in [2.45, 2.75) is 64.7 Å². The SMILES string of the molecule is CCCOc1ccc2c(c1)CC[C@H]1[C@H]3CCC(=O)[C@@]3(C)CC[C@@H]21. The zero-order valence-electron chi connectivity index (χ0n) is 14.4. The lowest BCUT2D eigenvalue weighted by atomic mass is 9.55. The maximum absolute atomic E-state index is 12.4. The molecule has 2 saturated carbocycles. The minimum Gasteiger partial charge on any atom is -0.494 e. The Morgan fingerprint density at radius 2 is 2.09 bits per heavy atom. The van der Waals surface area contributed by atoms with Crippen molar-refractivity contribution in [3.63, 3.8) is 0 Å². The van der Waals surface area contributed by atoms with Gasteiger partial charge in [0, 0.05) is 11.8 Å². The number of carbonyl (C=O) groups excluding carboxylic acids is 1. The van der Waals surface area contributed by atoms with Crippen LogP contribution in [0.5, 0.6) is 5.75 Å². The molecule has 3 aliphatic carbocycles. The van der Waals surface area contributed by atoms with E-state index in [1.807, 2.05) is 0 Å². The molecule has 1 aromatic rings. The number of ketones is 1. The highest BCUT2D eigenvalue weighted by Crippen LogP contribution is 2.59. The third kappa shape index (κ3) is 2.33. The minimum absolute atomic E-state index is 0.0111. The van der Waals surface area contributed by atoms with Gasteiger partial charge >= 0.3 is 0 Å². The highest BCUT2D eigenvalue weighted by atomic mass is 16.5. The summed E-state index contributed by atoms with van der Waals surface area (Å²) in [5, 5.41) is 0. The van der Waals surface area contributed by atoms with E-state index in [0.717, 1.165) is 50.4 Å². The van der Waals surface area contributed by atoms with Gasteiger partial charge < -0.3 is 4.74 Å². The molecule has 0 radical (unpaired) electrons. The van der Waals surface area contributed by atoms with Gasteiger partial charge in [-0.2, -0.15) is 0 Å². The van der Waals surface area contributed by atoms with Gasteiger partial charge in [-0.25, -0.2) is 0 Å². The standard InChI is InChI=1S/C21H28O2/c1-3-12-23-15-5-7-16-14(13-15)4-6-18-17(16)10-11-21(2)19(18)8-9-20(21)22/h5,7,13,17-19H,3-4,6,8-12H2,1-2H3/t17-,18+,19+,21-/m0/s1. The molecule has 2 fully saturated rings. The zero-order chi connectivity index (χ0) is 16.0. The molecular weight excluding hydrogens is 284 g/mol. The number of aryl methyl sites for hydroxylation is 1. The lowest BCUT2D eigenvalue weighted by Gasteiger charge is -2.48. The highest BCUT2D eigenvalue weighted by Gasteiger charge is 2.54. The maximum Gasteiger partial charge on any atom is 0.139 e. The number of rotatable bonds is 3. The molecule has 124 valence electrons. The van der Waals surface area contributed by atoms with Gasteiger partial charge in [-0.15, -0.1) is 0 Å². The summed E-state index contributed by atoms with van der Waals surface area (Å²) in [6, 6.07) is 6.75. The summed E-state index contributed by atoms with van der Waals surface area (Å²) in [7, 11) is 0. The van der Waals surface area contributed by atoms with E-state index in [1.165, 1.54) is 18.4 Å². The van der Waals surface area contributed by atoms with Crippen molar-refractivity contribution in [3.8, 4) is 5.75 Å². The highest BCUT2D eigenvalue weighted by molar-refractivity contribution is 5.87. The number of ether oxygens (including phenoxy) is 1. The van der Waals surface area contributed by atoms with Gasteiger partial charge in [0.15, 0.2) is 0 Å². The van der Waals surface area contributed by atoms with Crippen LogP contribution in [0.3, 0.4) is 0 Å². The first-order valence-electron chi connectivity index (χ1n) is 9.42. The molecule has 4 rings (SSSR count). The minimum atomic E-state index is -0.0111. The third-order valence-electron chi connectivity index (χ3n) is 6.88. The lowest BCUT2D eigenvalue weighted by Crippen LogP contribution is -2.42. The van der Waals surface area contributed by atoms with Crippen LogP contribution in [0.4, 0.5) is 0 Å². The van der Waals surface area contributed by atoms with Gasteiger partial charge in [0.25, 0.3) is 0 Å². The van der Waals surface area contributed by atoms with Gasteiger partial charge in [0.1, 0.15) is 11.5 Å². The number of benzene rings is 1. The molecule has 0 N–H and O–H groups in total. The number of Topliss-reactive ketones (excluding diaryl/α,β-unsaturated/α-hetero) is 1. The summed E-state index contributed by atoms with van der Waals surface area (Å²) in [4.78, 5) is 12.4. The molecule has 0 spiro atoms. The molecule has 0 saturated heterocycles. The van der Waals surface area contributed by atoms with Crippen LogP contribution < -0.4 is 4.74 Å². The molecule has 1 aromatic carbocycles. The van der Waals surface area contributed by atoms with E-state index in [4.69, 9.17) is 4.74 Å². The van der Waals surface area contributed by atoms with E-state index in [0.29, 0.717) is 17.6 Å². The van der Waals surface area contributed by atoms with Crippen LogP contribution in [-0.4, -0.2) is 12.4 Å². The summed E-state index contributed by atoms with van der Waals surface area (Å²) in [6.45, 7) is 5.19. The first-order valence-corrected chi connectivity index (χ1v) is 9.42. The number of carbonyl (C=O) groups is 1. The van der Waals surface area contributed by atoms with Crippen molar-refractivity contribution in [1.82, 2.24) is 0 Å². The molecule has 0 aliphatic heterocycles. The second kappa shape index (κ2) is 5.65. The van der Waals surface area contributed by atoms with Crippen LogP contribution in [0.1, 0.15) is 69.4 Å². The van der Waals surface area contributed by atoms with Crippen LogP contribution in [0, 0.1) is 17.3 Å². The maximum atomic E-state index is 12.4. The Morgan fingerprint density at radius 3 is 2.91 bits per heavy atom. The Hall–Kier alpha value is -1.31. The predicted molar refractivity (Wildman–Crippen MR) is 91.9 cm³/mol. The summed E-state index contributed by atoms with van der Waals surface area (Å²) in [5.41, 5.74) is 3.03. The second-order valence-corrected chi connectivity index (χ2v) is 8.04. The van der Waals surface area contributed by atoms with Crippen LogP contribution in [0.25, 0.3) is 0 Å². The van der Waals surface area contributed by atoms with Gasteiger partial charge in [0.05, 0.1) is 6.61 Å². The van der Waals surface area contributed by atoms with Crippen molar-refractivity contribution in [2.24, 2.45) is 17.3 Å². The van der Waals surface area contributed by atoms with E-state index in [2.05, 4.69) is 32.0 Å². The van der Waals surface area contributed by atoms with Crippen molar-refractivity contribution in [3.05, 3.63) is 29.3 Å². The molecule has 2 nitrogen and oxygen atoms in total. The van der Waals surface area contributed by atoms with Crippen molar-refractivity contribution in [1.29, 1.82) is 0 Å². The van der Waals surface area contributed by atoms with Crippen LogP contribution >= 0.6 is 0 Å². The van der Waals surface area contributed by atoms with Crippen LogP contribution in [0.15, 0.2) is 18.2 Å². The summed E-state index contributed by atoms with van der Waals surface area (Å²) in [5.74, 6) is 3.58. The average Bonchev–Trinajstić information content (AvgIpc) is 2.88. The molecule has 0 bridgehead atoms. The number of hydrogen-bond acceptors (Lipinski definition) is 2. The summed E-state index contributed by atoms with van der Waals surface area (Å²) in [6.07, 6.45) is 7.68. The van der Waals surface area contributed by atoms with Crippen molar-refractivity contribution < 1.29 is 9.53 Å². The molecule has 0 aromatic heterocycles. The monoisotopic (exact) mass is 312 g/mol. The Bertz CT molecular complexity index is 620. The van der Waals surface area contributed by atoms with Gasteiger partial charge in [-0.3, -0.25) is 4.79 Å². The molecule has 2 heteroatoms. The van der Waals surface area contributed by atoms with Crippen molar-refractivity contribution >= 4 is 5.78 Å². The molecule has 23 heavy (non-hydrogen) atoms. The van der Waals surface area contributed by atoms with Crippen molar-refractivity contribution in [2.75, 3.05) is 6.61 Å². The fourth-order valence-electron chi connectivity index (χ4n) is 5.64. The smallest absolute Gasteiger partial charge is 0.139 e. The summed E-state index contributed by atoms with van der Waals surface area (Å²) >= 11 is 0. The topological polar surface area (TPSA) is 26.3 Å². The molecule has 0 heterocycles. The van der Waals surface area contributed by atoms with Gasteiger partial charge in [-0.05, 0) is 79.5 Å². The fourth-order valence-corrected chi connectivity index (χ4v) is 5.64. The van der Waals surface area contributed by atoms with E-state index in [9.17, 15) is 4.79 Å². The quantitative estimate of drug-likeness (QED) is 0.793. The van der Waals surface area contributed by atoms with E-state index in [1.54, 1.807) is 5.56 Å². The molecule has 0 unspecified atom stereocenters. The van der Waals surface area contributed by atoms with Crippen LogP contribution in [0.2, 0.25) is 0 Å². The number of hydrogen-bond donors (Lipinski definition) is 0. The zero-order valence-corrected chi connectivity index (χ0v) is 14.4. The molecule has 3 aliphatic rings. The predicted octanol–water partition coefficient (Wildman–Crippen LogP) is 4.90. The van der Waals surface area contributed by atoms with E-state index in [-0.39, 0.29) is 5.41 Å². The lowest BCUT2D eigenvalue weighted by molar-refractivity contribution is -0.129. The second-order valence-electron chi connectivity index (χ2n) is 8.04. The Labute approximate surface area is 139 Å². The molecular formula is C21H28O2. The Balaban J connectivity index is 1.61. The Morgan fingerprint density at radius 1 is 1.22 bits per heavy atom. The normalized spacial score (nSPS) is 35.4. The van der Waals surface area contributed by atoms with E-state index < -0.39 is 0 Å². The Kier molecular flexibility index (Phi) is 3.74. The average molecular weight is 312 g/mol. The van der Waals surface area contributed by atoms with Gasteiger partial charge in [-0.1, -0.05) is 19.9 Å². The first-order chi connectivity index (χ1) is 11.1. The molecule has 4 atom stereocenters. The fraction of sp³-hybridized carbons (Fsp3) is 0.667.